The molecule has 26 heavy (non-hydrogen) atoms. The average molecular weight is 376 g/mol. The van der Waals surface area contributed by atoms with Gasteiger partial charge in [-0.3, -0.25) is 4.72 Å². The Labute approximate surface area is 154 Å². The molecule has 0 bridgehead atoms. The number of nitrogens with one attached hydrogen (secondary N) is 3. The molecule has 8 heteroatoms. The van der Waals surface area contributed by atoms with E-state index in [1.807, 2.05) is 24.3 Å². The second-order valence-electron chi connectivity index (χ2n) is 5.75. The summed E-state index contributed by atoms with van der Waals surface area (Å²) >= 11 is 0. The number of anilines is 4. The third-order valence-electron chi connectivity index (χ3n) is 3.70. The van der Waals surface area contributed by atoms with Gasteiger partial charge in [0, 0.05) is 35.8 Å². The fourth-order valence-corrected chi connectivity index (χ4v) is 3.04. The van der Waals surface area contributed by atoms with Crippen LogP contribution in [0.3, 0.4) is 0 Å². The molecule has 0 aromatic heterocycles. The zero-order valence-electron chi connectivity index (χ0n) is 15.1. The third-order valence-corrected chi connectivity index (χ3v) is 4.31. The first-order valence-electron chi connectivity index (χ1n) is 8.31. The van der Waals surface area contributed by atoms with Gasteiger partial charge in [0.15, 0.2) is 0 Å². The molecule has 0 saturated heterocycles. The first-order valence-corrected chi connectivity index (χ1v) is 10.2. The highest BCUT2D eigenvalue weighted by Crippen LogP contribution is 2.18. The smallest absolute Gasteiger partial charge is 0.323 e. The minimum absolute atomic E-state index is 0.371. The largest absolute Gasteiger partial charge is 0.372 e. The van der Waals surface area contributed by atoms with Crippen LogP contribution >= 0.6 is 0 Å². The Kier molecular flexibility index (Phi) is 6.46. The molecule has 0 aliphatic rings. The van der Waals surface area contributed by atoms with E-state index in [0.717, 1.165) is 25.0 Å². The maximum Gasteiger partial charge on any atom is 0.323 e. The summed E-state index contributed by atoms with van der Waals surface area (Å²) in [5, 5.41) is 5.47. The van der Waals surface area contributed by atoms with Crippen molar-refractivity contribution in [2.75, 3.05) is 39.6 Å². The van der Waals surface area contributed by atoms with Crippen molar-refractivity contribution >= 4 is 38.8 Å². The van der Waals surface area contributed by atoms with Crippen molar-refractivity contribution in [3.05, 3.63) is 48.5 Å². The molecular formula is C18H24N4O3S. The number of urea groups is 1. The van der Waals surface area contributed by atoms with Crippen LogP contribution in [-0.2, 0) is 10.0 Å². The fourth-order valence-electron chi connectivity index (χ4n) is 2.47. The molecule has 0 fully saturated rings. The Morgan fingerprint density at radius 3 is 1.69 bits per heavy atom. The van der Waals surface area contributed by atoms with Gasteiger partial charge in [0.05, 0.1) is 6.26 Å². The maximum atomic E-state index is 12.1. The van der Waals surface area contributed by atoms with Gasteiger partial charge in [-0.2, -0.15) is 0 Å². The van der Waals surface area contributed by atoms with Gasteiger partial charge < -0.3 is 15.5 Å². The van der Waals surface area contributed by atoms with Crippen LogP contribution in [0.25, 0.3) is 0 Å². The number of carbonyl (C=O) groups excluding carboxylic acids is 1. The van der Waals surface area contributed by atoms with Crippen molar-refractivity contribution < 1.29 is 13.2 Å². The van der Waals surface area contributed by atoms with E-state index < -0.39 is 10.0 Å². The molecule has 0 aliphatic heterocycles. The Morgan fingerprint density at radius 2 is 1.27 bits per heavy atom. The van der Waals surface area contributed by atoms with E-state index in [1.165, 1.54) is 0 Å². The lowest BCUT2D eigenvalue weighted by atomic mass is 10.2. The van der Waals surface area contributed by atoms with E-state index >= 15 is 0 Å². The molecule has 2 amide bonds. The van der Waals surface area contributed by atoms with E-state index in [1.54, 1.807) is 24.3 Å². The number of rotatable bonds is 7. The lowest BCUT2D eigenvalue weighted by Gasteiger charge is -2.21. The summed E-state index contributed by atoms with van der Waals surface area (Å²) < 4.78 is 24.7. The molecule has 140 valence electrons. The van der Waals surface area contributed by atoms with Crippen LogP contribution in [0, 0.1) is 0 Å². The standard InChI is InChI=1S/C18H24N4O3S/c1-4-22(5-2)17-12-10-15(11-13-17)20-18(23)19-14-6-8-16(9-7-14)21-26(3,24)25/h6-13,21H,4-5H2,1-3H3,(H2,19,20,23). The van der Waals surface area contributed by atoms with Gasteiger partial charge in [-0.15, -0.1) is 0 Å². The molecule has 2 aromatic rings. The van der Waals surface area contributed by atoms with E-state index in [0.29, 0.717) is 17.1 Å². The number of amides is 2. The Morgan fingerprint density at radius 1 is 0.846 bits per heavy atom. The summed E-state index contributed by atoms with van der Waals surface area (Å²) in [6, 6.07) is 13.7. The van der Waals surface area contributed by atoms with Gasteiger partial charge in [-0.25, -0.2) is 13.2 Å². The SMILES string of the molecule is CCN(CC)c1ccc(NC(=O)Nc2ccc(NS(C)(=O)=O)cc2)cc1. The predicted octanol–water partition coefficient (Wildman–Crippen LogP) is 3.55. The summed E-state index contributed by atoms with van der Waals surface area (Å²) in [6.07, 6.45) is 1.08. The highest BCUT2D eigenvalue weighted by molar-refractivity contribution is 7.92. The van der Waals surface area contributed by atoms with Crippen molar-refractivity contribution in [3.63, 3.8) is 0 Å². The van der Waals surface area contributed by atoms with E-state index in [4.69, 9.17) is 0 Å². The molecule has 0 saturated carbocycles. The molecular weight excluding hydrogens is 352 g/mol. The van der Waals surface area contributed by atoms with Gasteiger partial charge >= 0.3 is 6.03 Å². The molecule has 7 nitrogen and oxygen atoms in total. The molecule has 0 spiro atoms. The van der Waals surface area contributed by atoms with Crippen molar-refractivity contribution in [2.45, 2.75) is 13.8 Å². The molecule has 0 radical (unpaired) electrons. The summed E-state index contributed by atoms with van der Waals surface area (Å²) in [4.78, 5) is 14.3. The van der Waals surface area contributed by atoms with Crippen molar-refractivity contribution in [3.8, 4) is 0 Å². The van der Waals surface area contributed by atoms with Crippen LogP contribution in [0.15, 0.2) is 48.5 Å². The van der Waals surface area contributed by atoms with Crippen LogP contribution in [0.5, 0.6) is 0 Å². The quantitative estimate of drug-likeness (QED) is 0.689. The van der Waals surface area contributed by atoms with Gasteiger partial charge in [-0.1, -0.05) is 0 Å². The second-order valence-corrected chi connectivity index (χ2v) is 7.50. The van der Waals surface area contributed by atoms with Gasteiger partial charge in [0.1, 0.15) is 0 Å². The van der Waals surface area contributed by atoms with Crippen LogP contribution < -0.4 is 20.3 Å². The number of hydrogen-bond acceptors (Lipinski definition) is 4. The topological polar surface area (TPSA) is 90.5 Å². The number of hydrogen-bond donors (Lipinski definition) is 3. The van der Waals surface area contributed by atoms with E-state index in [9.17, 15) is 13.2 Å². The lowest BCUT2D eigenvalue weighted by Crippen LogP contribution is -2.22. The van der Waals surface area contributed by atoms with E-state index in [-0.39, 0.29) is 6.03 Å². The molecule has 3 N–H and O–H groups in total. The highest BCUT2D eigenvalue weighted by Gasteiger charge is 2.06. The minimum Gasteiger partial charge on any atom is -0.372 e. The predicted molar refractivity (Wildman–Crippen MR) is 108 cm³/mol. The zero-order valence-corrected chi connectivity index (χ0v) is 15.9. The monoisotopic (exact) mass is 376 g/mol. The third kappa shape index (κ3) is 5.96. The first-order chi connectivity index (χ1) is 12.3. The molecule has 0 unspecified atom stereocenters. The molecule has 0 aliphatic carbocycles. The summed E-state index contributed by atoms with van der Waals surface area (Å²) in [5.74, 6) is 0. The Hall–Kier alpha value is -2.74. The molecule has 0 atom stereocenters. The molecule has 0 heterocycles. The van der Waals surface area contributed by atoms with Crippen molar-refractivity contribution in [1.82, 2.24) is 0 Å². The number of sulfonamides is 1. The van der Waals surface area contributed by atoms with Crippen molar-refractivity contribution in [1.29, 1.82) is 0 Å². The normalized spacial score (nSPS) is 10.9. The lowest BCUT2D eigenvalue weighted by molar-refractivity contribution is 0.262. The van der Waals surface area contributed by atoms with E-state index in [2.05, 4.69) is 34.1 Å². The second kappa shape index (κ2) is 8.57. The number of benzene rings is 2. The fraction of sp³-hybridized carbons (Fsp3) is 0.278. The van der Waals surface area contributed by atoms with Crippen LogP contribution in [0.2, 0.25) is 0 Å². The minimum atomic E-state index is -3.32. The van der Waals surface area contributed by atoms with Crippen LogP contribution in [0.1, 0.15) is 13.8 Å². The number of nitrogens with zero attached hydrogens (tertiary/aromatic N) is 1. The molecule has 2 aromatic carbocycles. The average Bonchev–Trinajstić information content (AvgIpc) is 2.58. The van der Waals surface area contributed by atoms with Gasteiger partial charge in [-0.05, 0) is 62.4 Å². The first kappa shape index (κ1) is 19.6. The number of carbonyl (C=O) groups is 1. The van der Waals surface area contributed by atoms with Crippen LogP contribution in [0.4, 0.5) is 27.5 Å². The van der Waals surface area contributed by atoms with Gasteiger partial charge in [0.2, 0.25) is 10.0 Å². The zero-order chi connectivity index (χ0) is 19.2. The molecule has 2 rings (SSSR count). The summed E-state index contributed by atoms with van der Waals surface area (Å²) in [5.41, 5.74) is 2.79. The Balaban J connectivity index is 1.94. The maximum absolute atomic E-state index is 12.1. The Bertz CT molecular complexity index is 830. The van der Waals surface area contributed by atoms with Crippen LogP contribution in [-0.4, -0.2) is 33.8 Å². The van der Waals surface area contributed by atoms with Gasteiger partial charge in [0.25, 0.3) is 0 Å². The highest BCUT2D eigenvalue weighted by atomic mass is 32.2. The van der Waals surface area contributed by atoms with Crippen molar-refractivity contribution in [2.24, 2.45) is 0 Å². The summed E-state index contributed by atoms with van der Waals surface area (Å²) in [6.45, 7) is 6.04. The summed E-state index contributed by atoms with van der Waals surface area (Å²) in [7, 11) is -3.32.